The fraction of sp³-hybridized carbons (Fsp3) is 0.360. The van der Waals surface area contributed by atoms with E-state index in [0.717, 1.165) is 0 Å². The summed E-state index contributed by atoms with van der Waals surface area (Å²) >= 11 is 0. The van der Waals surface area contributed by atoms with Crippen molar-refractivity contribution in [2.24, 2.45) is 0 Å². The smallest absolute Gasteiger partial charge is 0.259 e. The Hall–Kier alpha value is -3.57. The Morgan fingerprint density at radius 1 is 1.18 bits per heavy atom. The zero-order chi connectivity index (χ0) is 23.6. The van der Waals surface area contributed by atoms with Gasteiger partial charge >= 0.3 is 0 Å². The number of amides is 1. The second-order valence-corrected chi connectivity index (χ2v) is 8.69. The van der Waals surface area contributed by atoms with E-state index in [1.807, 2.05) is 6.92 Å². The number of aliphatic hydroxyl groups is 1. The molecule has 0 radical (unpaired) electrons. The van der Waals surface area contributed by atoms with Gasteiger partial charge in [0.1, 0.15) is 5.82 Å². The second kappa shape index (κ2) is 8.75. The van der Waals surface area contributed by atoms with Crippen molar-refractivity contribution in [1.82, 2.24) is 14.8 Å². The van der Waals surface area contributed by atoms with Gasteiger partial charge in [-0.3, -0.25) is 9.78 Å². The van der Waals surface area contributed by atoms with Crippen LogP contribution in [0.5, 0.6) is 0 Å². The Balaban J connectivity index is 1.48. The lowest BCUT2D eigenvalue weighted by molar-refractivity contribution is -0.0124. The van der Waals surface area contributed by atoms with Gasteiger partial charge in [-0.25, -0.2) is 9.07 Å². The van der Waals surface area contributed by atoms with E-state index in [4.69, 9.17) is 0 Å². The molecule has 1 amide bonds. The van der Waals surface area contributed by atoms with Crippen LogP contribution in [0.3, 0.4) is 0 Å². The summed E-state index contributed by atoms with van der Waals surface area (Å²) < 4.78 is 14.8. The Morgan fingerprint density at radius 3 is 2.45 bits per heavy atom. The summed E-state index contributed by atoms with van der Waals surface area (Å²) in [5.74, 6) is -0.680. The van der Waals surface area contributed by atoms with E-state index in [9.17, 15) is 19.6 Å². The number of rotatable bonds is 5. The molecule has 0 saturated heterocycles. The molecule has 1 aliphatic carbocycles. The fourth-order valence-corrected chi connectivity index (χ4v) is 4.35. The standard InChI is InChI=1S/C25H26FN5O2/c1-3-25(33)12-10-24(16-27,11-13-25)22-9-6-19(14-28-22)30-23(32)21-15-29-31(17(21)2)20-7-4-18(26)5-8-20/h4-9,14-15,33H,3,10-13H2,1-2H3,(H,30,32). The molecule has 0 bridgehead atoms. The number of benzene rings is 1. The van der Waals surface area contributed by atoms with Gasteiger partial charge in [-0.15, -0.1) is 0 Å². The normalized spacial score (nSPS) is 22.5. The summed E-state index contributed by atoms with van der Waals surface area (Å²) in [4.78, 5) is 17.3. The van der Waals surface area contributed by atoms with Crippen molar-refractivity contribution in [1.29, 1.82) is 5.26 Å². The van der Waals surface area contributed by atoms with Crippen LogP contribution in [0, 0.1) is 24.1 Å². The number of carbonyl (C=O) groups is 1. The van der Waals surface area contributed by atoms with Crippen LogP contribution in [0.25, 0.3) is 5.69 Å². The maximum Gasteiger partial charge on any atom is 0.259 e. The molecule has 4 rings (SSSR count). The average Bonchev–Trinajstić information content (AvgIpc) is 3.22. The molecule has 8 heteroatoms. The van der Waals surface area contributed by atoms with Crippen molar-refractivity contribution in [2.45, 2.75) is 57.0 Å². The largest absolute Gasteiger partial charge is 0.390 e. The molecule has 0 atom stereocenters. The van der Waals surface area contributed by atoms with Crippen LogP contribution in [0.2, 0.25) is 0 Å². The number of hydrogen-bond donors (Lipinski definition) is 2. The molecule has 0 unspecified atom stereocenters. The van der Waals surface area contributed by atoms with Gasteiger partial charge in [-0.2, -0.15) is 10.4 Å². The van der Waals surface area contributed by atoms with E-state index < -0.39 is 11.0 Å². The van der Waals surface area contributed by atoms with E-state index in [1.165, 1.54) is 18.3 Å². The Bertz CT molecular complexity index is 1190. The molecule has 0 spiro atoms. The topological polar surface area (TPSA) is 104 Å². The lowest BCUT2D eigenvalue weighted by Crippen LogP contribution is -2.40. The monoisotopic (exact) mass is 447 g/mol. The molecule has 170 valence electrons. The molecule has 1 aromatic carbocycles. The molecule has 2 N–H and O–H groups in total. The van der Waals surface area contributed by atoms with Crippen LogP contribution in [-0.2, 0) is 5.41 Å². The van der Waals surface area contributed by atoms with E-state index in [-0.39, 0.29) is 11.7 Å². The van der Waals surface area contributed by atoms with E-state index in [2.05, 4.69) is 21.5 Å². The van der Waals surface area contributed by atoms with E-state index in [1.54, 1.807) is 42.1 Å². The van der Waals surface area contributed by atoms with Crippen molar-refractivity contribution >= 4 is 11.6 Å². The maximum atomic E-state index is 13.2. The Morgan fingerprint density at radius 2 is 1.88 bits per heavy atom. The zero-order valence-electron chi connectivity index (χ0n) is 18.7. The highest BCUT2D eigenvalue weighted by molar-refractivity contribution is 6.04. The molecule has 7 nitrogen and oxygen atoms in total. The highest BCUT2D eigenvalue weighted by Gasteiger charge is 2.43. The molecular weight excluding hydrogens is 421 g/mol. The maximum absolute atomic E-state index is 13.2. The SMILES string of the molecule is CCC1(O)CCC(C#N)(c2ccc(NC(=O)c3cnn(-c4ccc(F)cc4)c3C)cn2)CC1. The Labute approximate surface area is 191 Å². The van der Waals surface area contributed by atoms with Crippen molar-refractivity contribution in [3.05, 3.63) is 71.6 Å². The number of anilines is 1. The number of carbonyl (C=O) groups excluding carboxylic acids is 1. The minimum Gasteiger partial charge on any atom is -0.390 e. The first kappa shape index (κ1) is 22.6. The van der Waals surface area contributed by atoms with Gasteiger partial charge in [-0.1, -0.05) is 6.92 Å². The minimum absolute atomic E-state index is 0.337. The zero-order valence-corrected chi connectivity index (χ0v) is 18.7. The highest BCUT2D eigenvalue weighted by Crippen LogP contribution is 2.43. The summed E-state index contributed by atoms with van der Waals surface area (Å²) in [6.45, 7) is 3.73. The van der Waals surface area contributed by atoms with Crippen molar-refractivity contribution in [3.63, 3.8) is 0 Å². The third kappa shape index (κ3) is 4.37. The van der Waals surface area contributed by atoms with Crippen LogP contribution in [-0.4, -0.2) is 31.4 Å². The lowest BCUT2D eigenvalue weighted by Gasteiger charge is -2.39. The molecule has 0 aliphatic heterocycles. The molecule has 1 saturated carbocycles. The van der Waals surface area contributed by atoms with Crippen LogP contribution in [0.4, 0.5) is 10.1 Å². The van der Waals surface area contributed by atoms with Crippen LogP contribution in [0.15, 0.2) is 48.8 Å². The number of nitrogens with one attached hydrogen (secondary N) is 1. The summed E-state index contributed by atoms with van der Waals surface area (Å²) in [5.41, 5.74) is 1.40. The third-order valence-corrected chi connectivity index (χ3v) is 6.74. The van der Waals surface area contributed by atoms with Gasteiger partial charge in [-0.05, 0) is 75.4 Å². The first-order valence-electron chi connectivity index (χ1n) is 11.0. The number of hydrogen-bond acceptors (Lipinski definition) is 5. The highest BCUT2D eigenvalue weighted by atomic mass is 19.1. The summed E-state index contributed by atoms with van der Waals surface area (Å²) in [6.07, 6.45) is 5.92. The summed E-state index contributed by atoms with van der Waals surface area (Å²) in [5, 5.41) is 27.5. The van der Waals surface area contributed by atoms with Gasteiger partial charge < -0.3 is 10.4 Å². The minimum atomic E-state index is -0.725. The molecule has 3 aromatic rings. The van der Waals surface area contributed by atoms with Crippen LogP contribution < -0.4 is 5.32 Å². The lowest BCUT2D eigenvalue weighted by atomic mass is 9.67. The van der Waals surface area contributed by atoms with E-state index >= 15 is 0 Å². The number of nitrogens with zero attached hydrogens (tertiary/aromatic N) is 4. The fourth-order valence-electron chi connectivity index (χ4n) is 4.35. The predicted molar refractivity (Wildman–Crippen MR) is 121 cm³/mol. The van der Waals surface area contributed by atoms with Crippen molar-refractivity contribution < 1.29 is 14.3 Å². The molecule has 1 fully saturated rings. The first-order chi connectivity index (χ1) is 15.8. The molecule has 2 heterocycles. The van der Waals surface area contributed by atoms with Crippen LogP contribution >= 0.6 is 0 Å². The van der Waals surface area contributed by atoms with Gasteiger partial charge in [0, 0.05) is 0 Å². The van der Waals surface area contributed by atoms with Crippen molar-refractivity contribution in [3.8, 4) is 11.8 Å². The predicted octanol–water partition coefficient (Wildman–Crippen LogP) is 4.44. The third-order valence-electron chi connectivity index (χ3n) is 6.74. The Kier molecular flexibility index (Phi) is 6.00. The van der Waals surface area contributed by atoms with Gasteiger partial charge in [0.2, 0.25) is 0 Å². The molecule has 2 aromatic heterocycles. The average molecular weight is 448 g/mol. The number of nitriles is 1. The quantitative estimate of drug-likeness (QED) is 0.602. The van der Waals surface area contributed by atoms with E-state index in [0.29, 0.717) is 60.4 Å². The van der Waals surface area contributed by atoms with Crippen LogP contribution in [0.1, 0.15) is 60.8 Å². The molecule has 33 heavy (non-hydrogen) atoms. The summed E-state index contributed by atoms with van der Waals surface area (Å²) in [7, 11) is 0. The first-order valence-corrected chi connectivity index (χ1v) is 11.0. The van der Waals surface area contributed by atoms with Crippen molar-refractivity contribution in [2.75, 3.05) is 5.32 Å². The second-order valence-electron chi connectivity index (χ2n) is 8.69. The van der Waals surface area contributed by atoms with Gasteiger partial charge in [0.05, 0.1) is 57.8 Å². The number of pyridine rings is 1. The number of aromatic nitrogens is 3. The number of halogens is 1. The van der Waals surface area contributed by atoms with Gasteiger partial charge in [0.15, 0.2) is 0 Å². The molecule has 1 aliphatic rings. The molecular formula is C25H26FN5O2. The van der Waals surface area contributed by atoms with Gasteiger partial charge in [0.25, 0.3) is 5.91 Å². The summed E-state index contributed by atoms with van der Waals surface area (Å²) in [6, 6.07) is 11.8.